The number of Topliss-reactive ketones (excluding diaryl/α,β-unsaturated/α-hetero) is 2. The van der Waals surface area contributed by atoms with E-state index in [1.165, 1.54) is 0 Å². The Balaban J connectivity index is 1.62. The lowest BCUT2D eigenvalue weighted by molar-refractivity contribution is -0.155. The van der Waals surface area contributed by atoms with Crippen molar-refractivity contribution < 1.29 is 33.6 Å². The third kappa shape index (κ3) is 2.08. The highest BCUT2D eigenvalue weighted by Crippen LogP contribution is 2.69. The number of hydrogen-bond acceptors (Lipinski definition) is 7. The van der Waals surface area contributed by atoms with Crippen molar-refractivity contribution in [3.8, 4) is 0 Å². The largest absolute Gasteiger partial charge is 0.390 e. The summed E-state index contributed by atoms with van der Waals surface area (Å²) >= 11 is 0. The molecule has 7 nitrogen and oxygen atoms in total. The Morgan fingerprint density at radius 2 is 1.83 bits per heavy atom. The predicted molar refractivity (Wildman–Crippen MR) is 104 cm³/mol. The van der Waals surface area contributed by atoms with E-state index >= 15 is 0 Å². The van der Waals surface area contributed by atoms with Gasteiger partial charge in [-0.15, -0.1) is 0 Å². The van der Waals surface area contributed by atoms with Gasteiger partial charge in [-0.1, -0.05) is 17.7 Å². The van der Waals surface area contributed by atoms with Crippen molar-refractivity contribution in [3.63, 3.8) is 0 Å². The molecule has 2 bridgehead atoms. The van der Waals surface area contributed by atoms with Crippen LogP contribution < -0.4 is 0 Å². The van der Waals surface area contributed by atoms with Gasteiger partial charge in [0.05, 0.1) is 29.3 Å². The van der Waals surface area contributed by atoms with Crippen LogP contribution in [-0.2, 0) is 28.5 Å². The molecule has 3 aliphatic heterocycles. The van der Waals surface area contributed by atoms with Crippen LogP contribution in [0.3, 0.4) is 0 Å². The van der Waals surface area contributed by atoms with Crippen LogP contribution in [0.1, 0.15) is 27.7 Å². The lowest BCUT2D eigenvalue weighted by atomic mass is 9.46. The van der Waals surface area contributed by atoms with Crippen LogP contribution >= 0.6 is 0 Å². The first-order valence-electron chi connectivity index (χ1n) is 10.8. The molecular weight excluding hydrogens is 388 g/mol. The van der Waals surface area contributed by atoms with Crippen LogP contribution in [0.5, 0.6) is 0 Å². The second-order valence-electron chi connectivity index (χ2n) is 10.4. The van der Waals surface area contributed by atoms with Crippen molar-refractivity contribution in [2.45, 2.75) is 76.0 Å². The standard InChI is InChI=1S/C23H28O7/c1-8(2)6-11-23-10(22(3,4)27-5)7-9-12(15(25)18-17(29-18)14(9)24)13(23)16(28-11)19-20(30-19)21(23)26/h6-7,10-13,15-20,25H,1-5H3/t10-,11-,12-,13?,15-,16+,17-,18+,19+,20+,23+/m1/s1. The van der Waals surface area contributed by atoms with Gasteiger partial charge in [0.15, 0.2) is 11.6 Å². The second-order valence-corrected chi connectivity index (χ2v) is 10.4. The molecule has 162 valence electrons. The number of epoxide rings is 2. The van der Waals surface area contributed by atoms with E-state index in [0.29, 0.717) is 5.57 Å². The third-order valence-corrected chi connectivity index (χ3v) is 8.35. The molecule has 7 heteroatoms. The summed E-state index contributed by atoms with van der Waals surface area (Å²) < 4.78 is 23.7. The molecule has 0 radical (unpaired) electrons. The molecule has 30 heavy (non-hydrogen) atoms. The molecule has 6 aliphatic rings. The fourth-order valence-corrected chi connectivity index (χ4v) is 6.90. The number of carbonyl (C=O) groups is 2. The summed E-state index contributed by atoms with van der Waals surface area (Å²) in [5.41, 5.74) is -0.0736. The number of methoxy groups -OCH3 is 1. The van der Waals surface area contributed by atoms with Gasteiger partial charge in [0.25, 0.3) is 0 Å². The zero-order chi connectivity index (χ0) is 21.3. The van der Waals surface area contributed by atoms with E-state index in [4.69, 9.17) is 18.9 Å². The normalized spacial score (nSPS) is 52.5. The second kappa shape index (κ2) is 5.70. The maximum absolute atomic E-state index is 14.0. The Morgan fingerprint density at radius 1 is 1.13 bits per heavy atom. The smallest absolute Gasteiger partial charge is 0.190 e. The van der Waals surface area contributed by atoms with E-state index in [2.05, 4.69) is 0 Å². The fourth-order valence-electron chi connectivity index (χ4n) is 6.90. The molecule has 3 heterocycles. The summed E-state index contributed by atoms with van der Waals surface area (Å²) in [6.07, 6.45) is 0.415. The summed E-state index contributed by atoms with van der Waals surface area (Å²) in [4.78, 5) is 27.1. The van der Waals surface area contributed by atoms with Crippen molar-refractivity contribution in [3.05, 3.63) is 23.3 Å². The van der Waals surface area contributed by atoms with E-state index < -0.39 is 53.4 Å². The first kappa shape index (κ1) is 19.3. The van der Waals surface area contributed by atoms with E-state index in [1.54, 1.807) is 7.11 Å². The Kier molecular flexibility index (Phi) is 3.67. The summed E-state index contributed by atoms with van der Waals surface area (Å²) in [5.74, 6) is -1.33. The molecule has 5 fully saturated rings. The highest BCUT2D eigenvalue weighted by atomic mass is 16.6. The van der Waals surface area contributed by atoms with Gasteiger partial charge in [0.1, 0.15) is 24.4 Å². The SMILES string of the molecule is COC(C)(C)[C@H]1C=C2C(=O)[C@H]3O[C@H]3[C@H](O)[C@H]2C2[C@@H]3O[C@H](C=C(C)C)[C@]21C(=O)[C@H]1O[C@H]13. The molecule has 11 atom stereocenters. The molecule has 0 aromatic rings. The number of rotatable bonds is 3. The Hall–Kier alpha value is -1.38. The quantitative estimate of drug-likeness (QED) is 0.541. The number of ether oxygens (including phenoxy) is 4. The lowest BCUT2D eigenvalue weighted by Gasteiger charge is -2.55. The number of aliphatic hydroxyl groups is 1. The third-order valence-electron chi connectivity index (χ3n) is 8.35. The zero-order valence-electron chi connectivity index (χ0n) is 17.8. The summed E-state index contributed by atoms with van der Waals surface area (Å²) in [6.45, 7) is 7.87. The first-order valence-corrected chi connectivity index (χ1v) is 10.8. The lowest BCUT2D eigenvalue weighted by Crippen LogP contribution is -2.65. The molecule has 0 amide bonds. The monoisotopic (exact) mass is 416 g/mol. The predicted octanol–water partition coefficient (Wildman–Crippen LogP) is 0.981. The highest BCUT2D eigenvalue weighted by Gasteiger charge is 2.81. The van der Waals surface area contributed by atoms with Gasteiger partial charge >= 0.3 is 0 Å². The molecule has 3 aliphatic carbocycles. The average Bonchev–Trinajstić information content (AvgIpc) is 3.59. The van der Waals surface area contributed by atoms with Crippen molar-refractivity contribution >= 4 is 11.6 Å². The van der Waals surface area contributed by atoms with Crippen molar-refractivity contribution in [1.82, 2.24) is 0 Å². The average molecular weight is 416 g/mol. The molecule has 1 N–H and O–H groups in total. The molecule has 6 rings (SSSR count). The van der Waals surface area contributed by atoms with E-state index in [1.807, 2.05) is 39.8 Å². The molecular formula is C23H28O7. The highest BCUT2D eigenvalue weighted by molar-refractivity contribution is 6.04. The van der Waals surface area contributed by atoms with Crippen molar-refractivity contribution in [2.75, 3.05) is 7.11 Å². The fraction of sp³-hybridized carbons (Fsp3) is 0.739. The maximum Gasteiger partial charge on any atom is 0.190 e. The molecule has 2 saturated carbocycles. The van der Waals surface area contributed by atoms with E-state index in [0.717, 1.165) is 5.57 Å². The number of hydrogen-bond donors (Lipinski definition) is 1. The minimum atomic E-state index is -0.962. The Bertz CT molecular complexity index is 915. The van der Waals surface area contributed by atoms with E-state index in [-0.39, 0.29) is 29.7 Å². The van der Waals surface area contributed by atoms with Gasteiger partial charge in [-0.25, -0.2) is 0 Å². The molecule has 0 aromatic carbocycles. The van der Waals surface area contributed by atoms with E-state index in [9.17, 15) is 14.7 Å². The van der Waals surface area contributed by atoms with Crippen LogP contribution in [0.4, 0.5) is 0 Å². The van der Waals surface area contributed by atoms with Gasteiger partial charge in [-0.2, -0.15) is 0 Å². The van der Waals surface area contributed by atoms with Gasteiger partial charge in [0.2, 0.25) is 0 Å². The number of carbonyl (C=O) groups excluding carboxylic acids is 2. The van der Waals surface area contributed by atoms with Crippen LogP contribution in [-0.4, -0.2) is 72.1 Å². The number of fused-ring (bicyclic) bond motifs is 4. The van der Waals surface area contributed by atoms with Gasteiger partial charge in [-0.3, -0.25) is 9.59 Å². The minimum Gasteiger partial charge on any atom is -0.390 e. The Morgan fingerprint density at radius 3 is 2.50 bits per heavy atom. The summed E-state index contributed by atoms with van der Waals surface area (Å²) in [6, 6.07) is 0. The number of aliphatic hydroxyl groups excluding tert-OH is 1. The molecule has 0 aromatic heterocycles. The van der Waals surface area contributed by atoms with Crippen LogP contribution in [0.2, 0.25) is 0 Å². The number of allylic oxidation sites excluding steroid dienone is 1. The Labute approximate surface area is 175 Å². The van der Waals surface area contributed by atoms with Gasteiger partial charge < -0.3 is 24.1 Å². The van der Waals surface area contributed by atoms with Gasteiger partial charge in [-0.05, 0) is 27.7 Å². The molecule has 3 saturated heterocycles. The van der Waals surface area contributed by atoms with Gasteiger partial charge in [0, 0.05) is 30.4 Å². The first-order chi connectivity index (χ1) is 14.1. The summed E-state index contributed by atoms with van der Waals surface area (Å²) in [7, 11) is 1.63. The topological polar surface area (TPSA) is 97.9 Å². The minimum absolute atomic E-state index is 0.0117. The van der Waals surface area contributed by atoms with Crippen LogP contribution in [0.25, 0.3) is 0 Å². The van der Waals surface area contributed by atoms with Crippen molar-refractivity contribution in [2.24, 2.45) is 23.2 Å². The summed E-state index contributed by atoms with van der Waals surface area (Å²) in [5, 5.41) is 11.2. The van der Waals surface area contributed by atoms with Crippen molar-refractivity contribution in [1.29, 1.82) is 0 Å². The molecule has 1 unspecified atom stereocenters. The maximum atomic E-state index is 14.0. The molecule has 0 spiro atoms. The number of ketones is 2. The van der Waals surface area contributed by atoms with Crippen LogP contribution in [0, 0.1) is 23.2 Å². The zero-order valence-corrected chi connectivity index (χ0v) is 17.8. The van der Waals surface area contributed by atoms with Crippen LogP contribution in [0.15, 0.2) is 23.3 Å².